The molecule has 0 aromatic heterocycles. The Morgan fingerprint density at radius 3 is 2.29 bits per heavy atom. The maximum Gasteiger partial charge on any atom is 0.306 e. The Balaban J connectivity index is 1.98. The van der Waals surface area contributed by atoms with Gasteiger partial charge in [-0.1, -0.05) is 6.92 Å². The minimum Gasteiger partial charge on any atom is -0.481 e. The summed E-state index contributed by atoms with van der Waals surface area (Å²) in [5.41, 5.74) is 0.409. The van der Waals surface area contributed by atoms with Crippen LogP contribution >= 0.6 is 0 Å². The predicted octanol–water partition coefficient (Wildman–Crippen LogP) is 3.07. The Labute approximate surface area is 85.7 Å². The van der Waals surface area contributed by atoms with Crippen molar-refractivity contribution < 1.29 is 9.90 Å². The Morgan fingerprint density at radius 2 is 1.86 bits per heavy atom. The number of carboxylic acids is 1. The number of carbonyl (C=O) groups is 1. The van der Waals surface area contributed by atoms with Crippen molar-refractivity contribution in [1.29, 1.82) is 0 Å². The summed E-state index contributed by atoms with van der Waals surface area (Å²) < 4.78 is 0. The van der Waals surface area contributed by atoms with Gasteiger partial charge in [0.25, 0.3) is 0 Å². The number of fused-ring (bicyclic) bond motifs is 3. The van der Waals surface area contributed by atoms with Gasteiger partial charge < -0.3 is 5.11 Å². The largest absolute Gasteiger partial charge is 0.481 e. The average Bonchev–Trinajstić information content (AvgIpc) is 2.19. The van der Waals surface area contributed by atoms with Crippen molar-refractivity contribution in [2.45, 2.75) is 51.9 Å². The summed E-state index contributed by atoms with van der Waals surface area (Å²) in [5, 5.41) is 8.94. The third kappa shape index (κ3) is 1.79. The van der Waals surface area contributed by atoms with Gasteiger partial charge in [-0.25, -0.2) is 0 Å². The van der Waals surface area contributed by atoms with E-state index in [1.165, 1.54) is 38.5 Å². The summed E-state index contributed by atoms with van der Waals surface area (Å²) in [6.45, 7) is 1.86. The van der Waals surface area contributed by atoms with Gasteiger partial charge in [0.15, 0.2) is 0 Å². The zero-order valence-electron chi connectivity index (χ0n) is 8.96. The zero-order valence-corrected chi connectivity index (χ0v) is 8.96. The first-order valence-corrected chi connectivity index (χ1v) is 5.84. The molecule has 0 aromatic carbocycles. The lowest BCUT2D eigenvalue weighted by atomic mass is 9.58. The standard InChI is InChI=1S/C12H20O2/c1-9(11(13)14)8-12-5-2-10(3-6-12)4-7-12/h9-10H,2-8H2,1H3,(H,13,14)/t9-,10?,12?/m0/s1. The fourth-order valence-electron chi connectivity index (χ4n) is 3.38. The van der Waals surface area contributed by atoms with Crippen molar-refractivity contribution in [2.75, 3.05) is 0 Å². The number of hydrogen-bond donors (Lipinski definition) is 1. The van der Waals surface area contributed by atoms with Gasteiger partial charge in [0, 0.05) is 0 Å². The summed E-state index contributed by atoms with van der Waals surface area (Å²) in [7, 11) is 0. The first kappa shape index (κ1) is 10.0. The van der Waals surface area contributed by atoms with Gasteiger partial charge in [-0.2, -0.15) is 0 Å². The first-order chi connectivity index (χ1) is 6.61. The van der Waals surface area contributed by atoms with Crippen LogP contribution in [-0.4, -0.2) is 11.1 Å². The van der Waals surface area contributed by atoms with Crippen LogP contribution in [0.4, 0.5) is 0 Å². The molecule has 3 fully saturated rings. The molecular formula is C12H20O2. The third-order valence-electron chi connectivity index (χ3n) is 4.41. The molecule has 0 heterocycles. The minimum absolute atomic E-state index is 0.148. The molecule has 3 aliphatic rings. The van der Waals surface area contributed by atoms with Crippen molar-refractivity contribution in [3.8, 4) is 0 Å². The van der Waals surface area contributed by atoms with E-state index < -0.39 is 5.97 Å². The van der Waals surface area contributed by atoms with Crippen LogP contribution in [-0.2, 0) is 4.79 Å². The van der Waals surface area contributed by atoms with E-state index in [1.54, 1.807) is 0 Å². The van der Waals surface area contributed by atoms with Crippen LogP contribution in [0.15, 0.2) is 0 Å². The average molecular weight is 196 g/mol. The van der Waals surface area contributed by atoms with Crippen LogP contribution < -0.4 is 0 Å². The highest BCUT2D eigenvalue weighted by Gasteiger charge is 2.41. The van der Waals surface area contributed by atoms with Crippen LogP contribution in [0.1, 0.15) is 51.9 Å². The van der Waals surface area contributed by atoms with Gasteiger partial charge in [0.1, 0.15) is 0 Å². The maximum atomic E-state index is 10.8. The number of aliphatic carboxylic acids is 1. The molecule has 0 unspecified atom stereocenters. The molecule has 3 saturated carbocycles. The molecule has 0 amide bonds. The van der Waals surface area contributed by atoms with Gasteiger partial charge in [-0.15, -0.1) is 0 Å². The van der Waals surface area contributed by atoms with Gasteiger partial charge in [-0.3, -0.25) is 4.79 Å². The lowest BCUT2D eigenvalue weighted by Crippen LogP contribution is -2.36. The summed E-state index contributed by atoms with van der Waals surface area (Å²) in [5.74, 6) is 0.203. The second kappa shape index (κ2) is 3.56. The first-order valence-electron chi connectivity index (χ1n) is 5.84. The molecule has 2 nitrogen and oxygen atoms in total. The molecule has 3 rings (SSSR count). The van der Waals surface area contributed by atoms with Gasteiger partial charge in [-0.05, 0) is 56.3 Å². The van der Waals surface area contributed by atoms with Crippen LogP contribution in [0.3, 0.4) is 0 Å². The zero-order chi connectivity index (χ0) is 10.2. The Hall–Kier alpha value is -0.530. The summed E-state index contributed by atoms with van der Waals surface area (Å²) in [6.07, 6.45) is 8.83. The molecule has 0 radical (unpaired) electrons. The lowest BCUT2D eigenvalue weighted by molar-refractivity contribution is -0.143. The molecule has 3 aliphatic carbocycles. The molecule has 80 valence electrons. The van der Waals surface area contributed by atoms with Gasteiger partial charge >= 0.3 is 5.97 Å². The van der Waals surface area contributed by atoms with Crippen molar-refractivity contribution in [1.82, 2.24) is 0 Å². The van der Waals surface area contributed by atoms with Crippen molar-refractivity contribution in [3.05, 3.63) is 0 Å². The van der Waals surface area contributed by atoms with E-state index in [0.717, 1.165) is 12.3 Å². The van der Waals surface area contributed by atoms with Crippen LogP contribution in [0.2, 0.25) is 0 Å². The second-order valence-corrected chi connectivity index (χ2v) is 5.43. The van der Waals surface area contributed by atoms with Crippen LogP contribution in [0, 0.1) is 17.3 Å². The Bertz CT molecular complexity index is 213. The normalized spacial score (nSPS) is 38.2. The minimum atomic E-state index is -0.618. The van der Waals surface area contributed by atoms with Crippen molar-refractivity contribution >= 4 is 5.97 Å². The molecule has 1 N–H and O–H groups in total. The SMILES string of the molecule is C[C@@H](CC12CCC(CC1)CC2)C(=O)O. The van der Waals surface area contributed by atoms with E-state index in [4.69, 9.17) is 5.11 Å². The summed E-state index contributed by atoms with van der Waals surface area (Å²) in [6, 6.07) is 0. The van der Waals surface area contributed by atoms with E-state index in [2.05, 4.69) is 0 Å². The van der Waals surface area contributed by atoms with E-state index in [9.17, 15) is 4.79 Å². The van der Waals surface area contributed by atoms with Gasteiger partial charge in [0.2, 0.25) is 0 Å². The Morgan fingerprint density at radius 1 is 1.36 bits per heavy atom. The maximum absolute atomic E-state index is 10.8. The van der Waals surface area contributed by atoms with Crippen molar-refractivity contribution in [3.63, 3.8) is 0 Å². The van der Waals surface area contributed by atoms with Crippen LogP contribution in [0.25, 0.3) is 0 Å². The molecule has 2 bridgehead atoms. The molecular weight excluding hydrogens is 176 g/mol. The molecule has 0 spiro atoms. The fraction of sp³-hybridized carbons (Fsp3) is 0.917. The Kier molecular flexibility index (Phi) is 2.54. The number of rotatable bonds is 3. The molecule has 0 saturated heterocycles. The fourth-order valence-corrected chi connectivity index (χ4v) is 3.38. The lowest BCUT2D eigenvalue weighted by Gasteiger charge is -2.47. The monoisotopic (exact) mass is 196 g/mol. The molecule has 0 aliphatic heterocycles. The predicted molar refractivity (Wildman–Crippen MR) is 55.0 cm³/mol. The van der Waals surface area contributed by atoms with E-state index in [0.29, 0.717) is 5.41 Å². The van der Waals surface area contributed by atoms with Crippen molar-refractivity contribution in [2.24, 2.45) is 17.3 Å². The second-order valence-electron chi connectivity index (χ2n) is 5.43. The molecule has 0 aromatic rings. The summed E-state index contributed by atoms with van der Waals surface area (Å²) >= 11 is 0. The van der Waals surface area contributed by atoms with E-state index in [1.807, 2.05) is 6.92 Å². The molecule has 1 atom stereocenters. The van der Waals surface area contributed by atoms with Gasteiger partial charge in [0.05, 0.1) is 5.92 Å². The number of carboxylic acid groups (broad SMARTS) is 1. The number of hydrogen-bond acceptors (Lipinski definition) is 1. The molecule has 2 heteroatoms. The third-order valence-corrected chi connectivity index (χ3v) is 4.41. The summed E-state index contributed by atoms with van der Waals surface area (Å²) in [4.78, 5) is 10.8. The van der Waals surface area contributed by atoms with Crippen LogP contribution in [0.5, 0.6) is 0 Å². The molecule has 14 heavy (non-hydrogen) atoms. The highest BCUT2D eigenvalue weighted by atomic mass is 16.4. The topological polar surface area (TPSA) is 37.3 Å². The highest BCUT2D eigenvalue weighted by Crippen LogP contribution is 2.53. The smallest absolute Gasteiger partial charge is 0.306 e. The quantitative estimate of drug-likeness (QED) is 0.753. The highest BCUT2D eigenvalue weighted by molar-refractivity contribution is 5.69. The van der Waals surface area contributed by atoms with E-state index in [-0.39, 0.29) is 5.92 Å². The van der Waals surface area contributed by atoms with E-state index >= 15 is 0 Å².